The average molecular weight is 407 g/mol. The maximum absolute atomic E-state index is 12.6. The molecule has 1 unspecified atom stereocenters. The fraction of sp³-hybridized carbons (Fsp3) is 0.333. The average Bonchev–Trinajstić information content (AvgIpc) is 3.15. The Morgan fingerprint density at radius 3 is 2.85 bits per heavy atom. The number of aromatic nitrogens is 1. The SMILES string of the molecule is CC1CCc2sc(C(=O)Nc3nc4ccc(S(C)(=O)=O)cc4s3)cc2C1. The molecule has 2 aromatic heterocycles. The first-order chi connectivity index (χ1) is 12.3. The molecule has 3 aromatic rings. The minimum absolute atomic E-state index is 0.153. The van der Waals surface area contributed by atoms with Crippen LogP contribution in [0.25, 0.3) is 10.2 Å². The van der Waals surface area contributed by atoms with E-state index in [-0.39, 0.29) is 10.8 Å². The number of thiazole rings is 1. The number of amides is 1. The molecule has 1 N–H and O–H groups in total. The summed E-state index contributed by atoms with van der Waals surface area (Å²) in [6.45, 7) is 2.24. The van der Waals surface area contributed by atoms with Crippen molar-refractivity contribution in [3.05, 3.63) is 39.6 Å². The van der Waals surface area contributed by atoms with Crippen LogP contribution in [0.2, 0.25) is 0 Å². The van der Waals surface area contributed by atoms with Gasteiger partial charge in [-0.1, -0.05) is 18.3 Å². The van der Waals surface area contributed by atoms with Gasteiger partial charge in [-0.05, 0) is 55.0 Å². The Bertz CT molecular complexity index is 1110. The van der Waals surface area contributed by atoms with Crippen LogP contribution in [0.15, 0.2) is 29.2 Å². The molecule has 0 aliphatic heterocycles. The zero-order valence-corrected chi connectivity index (χ0v) is 16.9. The molecule has 26 heavy (non-hydrogen) atoms. The van der Waals surface area contributed by atoms with Gasteiger partial charge in [-0.2, -0.15) is 0 Å². The van der Waals surface area contributed by atoms with Crippen LogP contribution in [0.3, 0.4) is 0 Å². The van der Waals surface area contributed by atoms with Crippen molar-refractivity contribution in [3.63, 3.8) is 0 Å². The predicted octanol–water partition coefficient (Wildman–Crippen LogP) is 4.14. The Morgan fingerprint density at radius 2 is 2.08 bits per heavy atom. The summed E-state index contributed by atoms with van der Waals surface area (Å²) in [4.78, 5) is 19.3. The van der Waals surface area contributed by atoms with Crippen molar-refractivity contribution < 1.29 is 13.2 Å². The number of fused-ring (bicyclic) bond motifs is 2. The fourth-order valence-corrected chi connectivity index (χ4v) is 5.89. The van der Waals surface area contributed by atoms with Gasteiger partial charge in [0.2, 0.25) is 0 Å². The standard InChI is InChI=1S/C18H18N2O3S3/c1-10-3-6-14-11(7-10)8-16(24-14)17(21)20-18-19-13-5-4-12(26(2,22)23)9-15(13)25-18/h4-5,8-10H,3,6-7H2,1-2H3,(H,19,20,21). The Balaban J connectivity index is 1.58. The number of nitrogens with one attached hydrogen (secondary N) is 1. The largest absolute Gasteiger partial charge is 0.297 e. The van der Waals surface area contributed by atoms with E-state index in [1.165, 1.54) is 40.5 Å². The zero-order chi connectivity index (χ0) is 18.5. The molecular formula is C18H18N2O3S3. The Morgan fingerprint density at radius 1 is 1.27 bits per heavy atom. The normalized spacial score (nSPS) is 17.2. The van der Waals surface area contributed by atoms with Crippen LogP contribution in [0.5, 0.6) is 0 Å². The van der Waals surface area contributed by atoms with Gasteiger partial charge in [0.05, 0.1) is 20.0 Å². The predicted molar refractivity (Wildman–Crippen MR) is 106 cm³/mol. The van der Waals surface area contributed by atoms with Crippen molar-refractivity contribution >= 4 is 53.8 Å². The molecule has 1 aliphatic carbocycles. The number of aryl methyl sites for hydroxylation is 1. The first-order valence-corrected chi connectivity index (χ1v) is 11.9. The van der Waals surface area contributed by atoms with Gasteiger partial charge in [-0.3, -0.25) is 10.1 Å². The first kappa shape index (κ1) is 17.6. The molecule has 0 saturated carbocycles. The number of sulfone groups is 1. The Labute approximate surface area is 160 Å². The summed E-state index contributed by atoms with van der Waals surface area (Å²) < 4.78 is 24.1. The van der Waals surface area contributed by atoms with E-state index < -0.39 is 9.84 Å². The van der Waals surface area contributed by atoms with Gasteiger partial charge in [0.25, 0.3) is 5.91 Å². The molecule has 2 heterocycles. The number of carbonyl (C=O) groups excluding carboxylic acids is 1. The molecule has 1 atom stereocenters. The number of carbonyl (C=O) groups is 1. The smallest absolute Gasteiger partial charge is 0.267 e. The van der Waals surface area contributed by atoms with Crippen molar-refractivity contribution in [1.82, 2.24) is 4.98 Å². The number of hydrogen-bond donors (Lipinski definition) is 1. The van der Waals surface area contributed by atoms with Crippen LogP contribution in [-0.2, 0) is 22.7 Å². The topological polar surface area (TPSA) is 76.1 Å². The van der Waals surface area contributed by atoms with Crippen molar-refractivity contribution in [3.8, 4) is 0 Å². The second-order valence-electron chi connectivity index (χ2n) is 6.78. The number of rotatable bonds is 3. The van der Waals surface area contributed by atoms with E-state index in [2.05, 4.69) is 17.2 Å². The molecule has 1 aromatic carbocycles. The van der Waals surface area contributed by atoms with E-state index in [1.54, 1.807) is 23.5 Å². The summed E-state index contributed by atoms with van der Waals surface area (Å²) in [5, 5.41) is 3.34. The van der Waals surface area contributed by atoms with Gasteiger partial charge in [-0.25, -0.2) is 13.4 Å². The van der Waals surface area contributed by atoms with Gasteiger partial charge in [0.1, 0.15) is 0 Å². The summed E-state index contributed by atoms with van der Waals surface area (Å²) in [6.07, 6.45) is 4.44. The van der Waals surface area contributed by atoms with Gasteiger partial charge in [0.15, 0.2) is 15.0 Å². The van der Waals surface area contributed by atoms with Crippen molar-refractivity contribution in [2.75, 3.05) is 11.6 Å². The molecule has 8 heteroatoms. The summed E-state index contributed by atoms with van der Waals surface area (Å²) in [7, 11) is -3.26. The minimum atomic E-state index is -3.26. The van der Waals surface area contributed by atoms with Crippen LogP contribution in [0.1, 0.15) is 33.5 Å². The van der Waals surface area contributed by atoms with Crippen LogP contribution < -0.4 is 5.32 Å². The number of benzene rings is 1. The van der Waals surface area contributed by atoms with E-state index in [4.69, 9.17) is 0 Å². The highest BCUT2D eigenvalue weighted by Gasteiger charge is 2.21. The van der Waals surface area contributed by atoms with E-state index in [0.717, 1.165) is 17.5 Å². The van der Waals surface area contributed by atoms with E-state index >= 15 is 0 Å². The number of anilines is 1. The maximum atomic E-state index is 12.6. The molecule has 1 amide bonds. The van der Waals surface area contributed by atoms with Gasteiger partial charge >= 0.3 is 0 Å². The summed E-state index contributed by atoms with van der Waals surface area (Å²) in [5.41, 5.74) is 1.97. The lowest BCUT2D eigenvalue weighted by atomic mass is 9.90. The van der Waals surface area contributed by atoms with Crippen molar-refractivity contribution in [2.24, 2.45) is 5.92 Å². The highest BCUT2D eigenvalue weighted by Crippen LogP contribution is 2.33. The fourth-order valence-electron chi connectivity index (χ4n) is 3.17. The maximum Gasteiger partial charge on any atom is 0.267 e. The van der Waals surface area contributed by atoms with Crippen LogP contribution in [-0.4, -0.2) is 25.6 Å². The quantitative estimate of drug-likeness (QED) is 0.709. The molecule has 0 bridgehead atoms. The minimum Gasteiger partial charge on any atom is -0.297 e. The summed E-state index contributed by atoms with van der Waals surface area (Å²) in [5.74, 6) is 0.515. The monoisotopic (exact) mass is 406 g/mol. The van der Waals surface area contributed by atoms with E-state index in [9.17, 15) is 13.2 Å². The second kappa shape index (κ2) is 6.44. The molecular weight excluding hydrogens is 388 g/mol. The van der Waals surface area contributed by atoms with Crippen LogP contribution in [0, 0.1) is 5.92 Å². The number of thiophene rings is 1. The summed E-state index contributed by atoms with van der Waals surface area (Å²) in [6, 6.07) is 6.81. The lowest BCUT2D eigenvalue weighted by Gasteiger charge is -2.16. The zero-order valence-electron chi connectivity index (χ0n) is 14.4. The molecule has 0 spiro atoms. The Kier molecular flexibility index (Phi) is 4.37. The lowest BCUT2D eigenvalue weighted by Crippen LogP contribution is -2.10. The molecule has 1 aliphatic rings. The molecule has 0 fully saturated rings. The highest BCUT2D eigenvalue weighted by atomic mass is 32.2. The molecule has 0 radical (unpaired) electrons. The van der Waals surface area contributed by atoms with Crippen molar-refractivity contribution in [1.29, 1.82) is 0 Å². The third kappa shape index (κ3) is 3.41. The van der Waals surface area contributed by atoms with Gasteiger partial charge in [-0.15, -0.1) is 11.3 Å². The molecule has 136 valence electrons. The second-order valence-corrected chi connectivity index (χ2v) is 11.0. The van der Waals surface area contributed by atoms with Gasteiger partial charge < -0.3 is 0 Å². The number of nitrogens with zero attached hydrogens (tertiary/aromatic N) is 1. The van der Waals surface area contributed by atoms with Crippen LogP contribution in [0.4, 0.5) is 5.13 Å². The third-order valence-corrected chi connectivity index (χ3v) is 7.84. The molecule has 0 saturated heterocycles. The van der Waals surface area contributed by atoms with Gasteiger partial charge in [0, 0.05) is 11.1 Å². The van der Waals surface area contributed by atoms with Crippen molar-refractivity contribution in [2.45, 2.75) is 31.1 Å². The first-order valence-electron chi connectivity index (χ1n) is 8.33. The van der Waals surface area contributed by atoms with E-state index in [0.29, 0.717) is 21.4 Å². The van der Waals surface area contributed by atoms with E-state index in [1.807, 2.05) is 6.07 Å². The lowest BCUT2D eigenvalue weighted by molar-refractivity contribution is 0.103. The Hall–Kier alpha value is -1.77. The third-order valence-electron chi connectivity index (χ3n) is 4.56. The van der Waals surface area contributed by atoms with Crippen LogP contribution >= 0.6 is 22.7 Å². The summed E-state index contributed by atoms with van der Waals surface area (Å²) >= 11 is 2.85. The molecule has 5 nitrogen and oxygen atoms in total. The molecule has 4 rings (SSSR count). The highest BCUT2D eigenvalue weighted by molar-refractivity contribution is 7.90. The number of hydrogen-bond acceptors (Lipinski definition) is 6.